The van der Waals surface area contributed by atoms with Crippen molar-refractivity contribution in [2.24, 2.45) is 5.92 Å². The maximum absolute atomic E-state index is 13.1. The molecule has 0 aliphatic carbocycles. The van der Waals surface area contributed by atoms with Crippen molar-refractivity contribution < 1.29 is 22.7 Å². The highest BCUT2D eigenvalue weighted by molar-refractivity contribution is 7.89. The van der Waals surface area contributed by atoms with E-state index in [1.54, 1.807) is 35.2 Å². The molecule has 2 heterocycles. The topological polar surface area (TPSA) is 84.0 Å². The molecular weight excluding hydrogens is 392 g/mol. The Kier molecular flexibility index (Phi) is 6.31. The maximum Gasteiger partial charge on any atom is 0.254 e. The van der Waals surface area contributed by atoms with E-state index in [0.29, 0.717) is 30.0 Å². The third-order valence-electron chi connectivity index (χ3n) is 5.33. The quantitative estimate of drug-likeness (QED) is 0.604. The lowest BCUT2D eigenvalue weighted by atomic mass is 9.95. The molecule has 1 aromatic carbocycles. The highest BCUT2D eigenvalue weighted by Gasteiger charge is 2.53. The van der Waals surface area contributed by atoms with Crippen LogP contribution < -0.4 is 4.74 Å². The SMILES string of the molecule is CCCCOc1ccc(C(=O)N2CC=C3[C@H]2[C@@H](CCC)C(=O)N3S(C)(=O)=O)cc1. The fourth-order valence-corrected chi connectivity index (χ4v) is 5.00. The highest BCUT2D eigenvalue weighted by atomic mass is 32.2. The third-order valence-corrected chi connectivity index (χ3v) is 6.38. The summed E-state index contributed by atoms with van der Waals surface area (Å²) in [5.74, 6) is -0.490. The third kappa shape index (κ3) is 4.17. The average molecular weight is 421 g/mol. The molecule has 1 saturated heterocycles. The summed E-state index contributed by atoms with van der Waals surface area (Å²) in [6, 6.07) is 6.41. The number of ether oxygens (including phenoxy) is 1. The first-order valence-electron chi connectivity index (χ1n) is 10.1. The first-order chi connectivity index (χ1) is 13.8. The second-order valence-electron chi connectivity index (χ2n) is 7.52. The summed E-state index contributed by atoms with van der Waals surface area (Å²) in [6.45, 7) is 4.95. The van der Waals surface area contributed by atoms with Gasteiger partial charge in [-0.2, -0.15) is 0 Å². The predicted octanol–water partition coefficient (Wildman–Crippen LogP) is 2.79. The smallest absolute Gasteiger partial charge is 0.254 e. The van der Waals surface area contributed by atoms with Gasteiger partial charge in [0, 0.05) is 12.1 Å². The zero-order valence-corrected chi connectivity index (χ0v) is 17.9. The summed E-state index contributed by atoms with van der Waals surface area (Å²) in [6.07, 6.45) is 5.97. The van der Waals surface area contributed by atoms with Crippen LogP contribution in [0.3, 0.4) is 0 Å². The Labute approximate surface area is 172 Å². The molecular formula is C21H28N2O5S. The van der Waals surface area contributed by atoms with Gasteiger partial charge in [0.2, 0.25) is 15.9 Å². The number of carbonyl (C=O) groups is 2. The van der Waals surface area contributed by atoms with Gasteiger partial charge in [0.1, 0.15) is 5.75 Å². The van der Waals surface area contributed by atoms with Crippen molar-refractivity contribution in [2.75, 3.05) is 19.4 Å². The van der Waals surface area contributed by atoms with E-state index in [1.165, 1.54) is 0 Å². The van der Waals surface area contributed by atoms with E-state index < -0.39 is 27.9 Å². The fraction of sp³-hybridized carbons (Fsp3) is 0.524. The van der Waals surface area contributed by atoms with Crippen molar-refractivity contribution in [2.45, 2.75) is 45.6 Å². The van der Waals surface area contributed by atoms with Gasteiger partial charge in [0.15, 0.2) is 0 Å². The molecule has 0 bridgehead atoms. The lowest BCUT2D eigenvalue weighted by Crippen LogP contribution is -2.41. The van der Waals surface area contributed by atoms with Crippen LogP contribution in [0.2, 0.25) is 0 Å². The molecule has 0 N–H and O–H groups in total. The van der Waals surface area contributed by atoms with Crippen LogP contribution in [0.25, 0.3) is 0 Å². The molecule has 3 rings (SSSR count). The lowest BCUT2D eigenvalue weighted by Gasteiger charge is -2.27. The van der Waals surface area contributed by atoms with Crippen molar-refractivity contribution in [3.05, 3.63) is 41.6 Å². The normalized spacial score (nSPS) is 21.3. The predicted molar refractivity (Wildman–Crippen MR) is 110 cm³/mol. The minimum Gasteiger partial charge on any atom is -0.494 e. The molecule has 29 heavy (non-hydrogen) atoms. The Bertz CT molecular complexity index is 908. The van der Waals surface area contributed by atoms with Crippen molar-refractivity contribution in [1.29, 1.82) is 0 Å². The van der Waals surface area contributed by atoms with Gasteiger partial charge < -0.3 is 9.64 Å². The first kappa shape index (κ1) is 21.4. The molecule has 7 nitrogen and oxygen atoms in total. The van der Waals surface area contributed by atoms with E-state index >= 15 is 0 Å². The molecule has 2 atom stereocenters. The zero-order chi connectivity index (χ0) is 21.2. The number of hydrogen-bond donors (Lipinski definition) is 0. The second kappa shape index (κ2) is 8.57. The summed E-state index contributed by atoms with van der Waals surface area (Å²) >= 11 is 0. The van der Waals surface area contributed by atoms with Gasteiger partial charge in [-0.15, -0.1) is 0 Å². The van der Waals surface area contributed by atoms with Crippen LogP contribution in [0.4, 0.5) is 0 Å². The van der Waals surface area contributed by atoms with Gasteiger partial charge in [0.25, 0.3) is 5.91 Å². The molecule has 0 aromatic heterocycles. The van der Waals surface area contributed by atoms with E-state index in [4.69, 9.17) is 4.74 Å². The lowest BCUT2D eigenvalue weighted by molar-refractivity contribution is -0.127. The number of sulfonamides is 1. The van der Waals surface area contributed by atoms with Gasteiger partial charge in [-0.1, -0.05) is 26.7 Å². The molecule has 2 amide bonds. The molecule has 2 aliphatic heterocycles. The second-order valence-corrected chi connectivity index (χ2v) is 9.35. The Hall–Kier alpha value is -2.35. The molecule has 158 valence electrons. The summed E-state index contributed by atoms with van der Waals surface area (Å²) in [5, 5.41) is 0. The number of unbranched alkanes of at least 4 members (excludes halogenated alkanes) is 1. The largest absolute Gasteiger partial charge is 0.494 e. The van der Waals surface area contributed by atoms with Crippen LogP contribution in [0.15, 0.2) is 36.0 Å². The molecule has 1 fully saturated rings. The number of rotatable bonds is 8. The number of fused-ring (bicyclic) bond motifs is 1. The Balaban J connectivity index is 1.81. The van der Waals surface area contributed by atoms with Crippen molar-refractivity contribution in [3.8, 4) is 5.75 Å². The van der Waals surface area contributed by atoms with Crippen molar-refractivity contribution in [1.82, 2.24) is 9.21 Å². The Morgan fingerprint density at radius 3 is 2.45 bits per heavy atom. The van der Waals surface area contributed by atoms with E-state index in [2.05, 4.69) is 6.92 Å². The molecule has 2 aliphatic rings. The number of hydrogen-bond acceptors (Lipinski definition) is 5. The van der Waals surface area contributed by atoms with Gasteiger partial charge in [-0.3, -0.25) is 9.59 Å². The van der Waals surface area contributed by atoms with Crippen LogP contribution in [-0.2, 0) is 14.8 Å². The molecule has 0 saturated carbocycles. The van der Waals surface area contributed by atoms with Crippen LogP contribution in [-0.4, -0.2) is 54.9 Å². The molecule has 0 radical (unpaired) electrons. The number of carbonyl (C=O) groups excluding carboxylic acids is 2. The van der Waals surface area contributed by atoms with E-state index in [-0.39, 0.29) is 12.5 Å². The standard InChI is InChI=1S/C21H28N2O5S/c1-4-6-14-28-16-10-8-15(9-11-16)20(24)22-13-12-18-19(22)17(7-5-2)21(25)23(18)29(3,26)27/h8-12,17,19H,4-7,13-14H2,1-3H3/t17-,19-/m1/s1. The summed E-state index contributed by atoms with van der Waals surface area (Å²) in [5.41, 5.74) is 0.895. The van der Waals surface area contributed by atoms with Crippen molar-refractivity contribution in [3.63, 3.8) is 0 Å². The van der Waals surface area contributed by atoms with Gasteiger partial charge in [0.05, 0.1) is 30.5 Å². The van der Waals surface area contributed by atoms with Gasteiger partial charge >= 0.3 is 0 Å². The van der Waals surface area contributed by atoms with E-state index in [1.807, 2.05) is 6.92 Å². The summed E-state index contributed by atoms with van der Waals surface area (Å²) in [4.78, 5) is 27.5. The van der Waals surface area contributed by atoms with Crippen LogP contribution in [0.5, 0.6) is 5.75 Å². The highest BCUT2D eigenvalue weighted by Crippen LogP contribution is 2.40. The summed E-state index contributed by atoms with van der Waals surface area (Å²) in [7, 11) is -3.73. The van der Waals surface area contributed by atoms with Crippen molar-refractivity contribution >= 4 is 21.8 Å². The zero-order valence-electron chi connectivity index (χ0n) is 17.1. The minimum absolute atomic E-state index is 0.217. The number of amides is 2. The monoisotopic (exact) mass is 420 g/mol. The van der Waals surface area contributed by atoms with Crippen LogP contribution >= 0.6 is 0 Å². The fourth-order valence-electron chi connectivity index (χ4n) is 3.98. The molecule has 8 heteroatoms. The van der Waals surface area contributed by atoms with E-state index in [0.717, 1.165) is 29.8 Å². The number of nitrogens with zero attached hydrogens (tertiary/aromatic N) is 2. The van der Waals surface area contributed by atoms with E-state index in [9.17, 15) is 18.0 Å². The number of benzene rings is 1. The molecule has 0 spiro atoms. The summed E-state index contributed by atoms with van der Waals surface area (Å²) < 4.78 is 30.9. The van der Waals surface area contributed by atoms with Crippen LogP contribution in [0, 0.1) is 5.92 Å². The molecule has 1 aromatic rings. The first-order valence-corrected chi connectivity index (χ1v) is 11.9. The van der Waals surface area contributed by atoms with Crippen LogP contribution in [0.1, 0.15) is 49.9 Å². The molecule has 0 unspecified atom stereocenters. The average Bonchev–Trinajstić information content (AvgIpc) is 3.20. The Morgan fingerprint density at radius 1 is 1.17 bits per heavy atom. The Morgan fingerprint density at radius 2 is 1.86 bits per heavy atom. The van der Waals surface area contributed by atoms with Gasteiger partial charge in [-0.25, -0.2) is 12.7 Å². The maximum atomic E-state index is 13.1. The minimum atomic E-state index is -3.73. The van der Waals surface area contributed by atoms with Gasteiger partial charge in [-0.05, 0) is 43.2 Å².